The van der Waals surface area contributed by atoms with Crippen molar-refractivity contribution in [2.24, 2.45) is 0 Å². The fourth-order valence-electron chi connectivity index (χ4n) is 1.64. The fraction of sp³-hybridized carbons (Fsp3) is 0.0625. The van der Waals surface area contributed by atoms with Gasteiger partial charge in [0, 0.05) is 11.3 Å². The Hall–Kier alpha value is -2.75. The quantitative estimate of drug-likeness (QED) is 0.791. The number of aromatic hydroxyl groups is 1. The predicted molar refractivity (Wildman–Crippen MR) is 78.2 cm³/mol. The molecule has 0 amide bonds. The molecule has 0 aliphatic heterocycles. The minimum absolute atomic E-state index is 0.0426. The van der Waals surface area contributed by atoms with Gasteiger partial charge < -0.3 is 15.2 Å². The van der Waals surface area contributed by atoms with E-state index in [1.807, 2.05) is 12.1 Å². The summed E-state index contributed by atoms with van der Waals surface area (Å²) in [5.41, 5.74) is 1.41. The van der Waals surface area contributed by atoms with Gasteiger partial charge in [-0.2, -0.15) is 0 Å². The number of hydrogen-bond donors (Lipinski definition) is 2. The highest BCUT2D eigenvalue weighted by Crippen LogP contribution is 2.16. The fourth-order valence-corrected chi connectivity index (χ4v) is 1.64. The van der Waals surface area contributed by atoms with E-state index in [9.17, 15) is 4.79 Å². The van der Waals surface area contributed by atoms with Crippen molar-refractivity contribution in [3.63, 3.8) is 0 Å². The largest absolute Gasteiger partial charge is 0.508 e. The van der Waals surface area contributed by atoms with Gasteiger partial charge in [0.2, 0.25) is 0 Å². The molecule has 2 N–H and O–H groups in total. The third-order valence-corrected chi connectivity index (χ3v) is 2.68. The highest BCUT2D eigenvalue weighted by Gasteiger charge is 2.06. The lowest BCUT2D eigenvalue weighted by atomic mass is 10.1. The number of anilines is 1. The number of phenolic OH excluding ortho intramolecular Hbond substituents is 1. The molecule has 0 aliphatic carbocycles. The van der Waals surface area contributed by atoms with Crippen LogP contribution in [0, 0.1) is 0 Å². The van der Waals surface area contributed by atoms with Crippen molar-refractivity contribution in [1.29, 1.82) is 0 Å². The predicted octanol–water partition coefficient (Wildman–Crippen LogP) is 3.21. The van der Waals surface area contributed by atoms with Crippen molar-refractivity contribution in [3.8, 4) is 11.5 Å². The van der Waals surface area contributed by atoms with Crippen molar-refractivity contribution in [2.45, 2.75) is 0 Å². The molecular formula is C16H15NO3. The highest BCUT2D eigenvalue weighted by atomic mass is 16.5. The van der Waals surface area contributed by atoms with E-state index in [2.05, 4.69) is 11.9 Å². The SMILES string of the molecule is C=CNc1ccc(OCC(=O)c2ccc(O)cc2)cc1. The number of nitrogens with one attached hydrogen (secondary N) is 1. The van der Waals surface area contributed by atoms with Crippen LogP contribution in [0.2, 0.25) is 0 Å². The molecule has 2 rings (SSSR count). The minimum atomic E-state index is -0.140. The molecular weight excluding hydrogens is 254 g/mol. The second-order valence-electron chi connectivity index (χ2n) is 4.13. The number of hydrogen-bond acceptors (Lipinski definition) is 4. The molecule has 0 aromatic heterocycles. The van der Waals surface area contributed by atoms with Crippen LogP contribution in [0.3, 0.4) is 0 Å². The molecule has 2 aromatic rings. The first kappa shape index (κ1) is 13.7. The number of ether oxygens (including phenoxy) is 1. The van der Waals surface area contributed by atoms with Crippen LogP contribution >= 0.6 is 0 Å². The van der Waals surface area contributed by atoms with Crippen molar-refractivity contribution in [1.82, 2.24) is 0 Å². The Balaban J connectivity index is 1.92. The normalized spacial score (nSPS) is 9.80. The Labute approximate surface area is 117 Å². The van der Waals surface area contributed by atoms with Gasteiger partial charge in [0.15, 0.2) is 12.4 Å². The molecule has 0 saturated heterocycles. The minimum Gasteiger partial charge on any atom is -0.508 e. The molecule has 4 heteroatoms. The standard InChI is InChI=1S/C16H15NO3/c1-2-17-13-5-9-15(10-6-13)20-11-16(19)12-3-7-14(18)8-4-12/h2-10,17-18H,1,11H2. The third-order valence-electron chi connectivity index (χ3n) is 2.68. The first-order valence-corrected chi connectivity index (χ1v) is 6.11. The summed E-state index contributed by atoms with van der Waals surface area (Å²) in [6, 6.07) is 13.3. The van der Waals surface area contributed by atoms with Gasteiger partial charge in [-0.05, 0) is 54.7 Å². The lowest BCUT2D eigenvalue weighted by Gasteiger charge is -2.07. The summed E-state index contributed by atoms with van der Waals surface area (Å²) < 4.78 is 5.42. The molecule has 0 radical (unpaired) electrons. The van der Waals surface area contributed by atoms with Crippen LogP contribution in [0.5, 0.6) is 11.5 Å². The zero-order chi connectivity index (χ0) is 14.4. The summed E-state index contributed by atoms with van der Waals surface area (Å²) >= 11 is 0. The van der Waals surface area contributed by atoms with E-state index >= 15 is 0 Å². The van der Waals surface area contributed by atoms with Crippen LogP contribution in [0.15, 0.2) is 61.3 Å². The number of benzene rings is 2. The van der Waals surface area contributed by atoms with Crippen LogP contribution in [0.25, 0.3) is 0 Å². The number of Topliss-reactive ketones (excluding diaryl/α,β-unsaturated/α-hetero) is 1. The summed E-state index contributed by atoms with van der Waals surface area (Å²) in [7, 11) is 0. The van der Waals surface area contributed by atoms with Crippen LogP contribution < -0.4 is 10.1 Å². The van der Waals surface area contributed by atoms with Crippen molar-refractivity contribution in [2.75, 3.05) is 11.9 Å². The first-order valence-electron chi connectivity index (χ1n) is 6.11. The van der Waals surface area contributed by atoms with Gasteiger partial charge >= 0.3 is 0 Å². The average Bonchev–Trinajstić information content (AvgIpc) is 2.47. The number of carbonyl (C=O) groups excluding carboxylic acids is 1. The van der Waals surface area contributed by atoms with E-state index in [4.69, 9.17) is 9.84 Å². The van der Waals surface area contributed by atoms with Crippen molar-refractivity contribution >= 4 is 11.5 Å². The maximum Gasteiger partial charge on any atom is 0.200 e. The van der Waals surface area contributed by atoms with E-state index in [0.717, 1.165) is 5.69 Å². The number of carbonyl (C=O) groups is 1. The van der Waals surface area contributed by atoms with E-state index in [0.29, 0.717) is 11.3 Å². The molecule has 0 heterocycles. The third kappa shape index (κ3) is 3.62. The Morgan fingerprint density at radius 1 is 1.15 bits per heavy atom. The molecule has 0 bridgehead atoms. The number of ketones is 1. The Bertz CT molecular complexity index is 588. The molecule has 0 atom stereocenters. The van der Waals surface area contributed by atoms with E-state index in [-0.39, 0.29) is 18.1 Å². The summed E-state index contributed by atoms with van der Waals surface area (Å²) in [6.45, 7) is 3.53. The maximum absolute atomic E-state index is 11.9. The molecule has 0 spiro atoms. The molecule has 0 fully saturated rings. The molecule has 0 aliphatic rings. The van der Waals surface area contributed by atoms with Gasteiger partial charge in [-0.3, -0.25) is 4.79 Å². The van der Waals surface area contributed by atoms with Gasteiger partial charge in [-0.25, -0.2) is 0 Å². The molecule has 0 saturated carbocycles. The number of rotatable bonds is 6. The zero-order valence-corrected chi connectivity index (χ0v) is 10.9. The van der Waals surface area contributed by atoms with Crippen molar-refractivity contribution < 1.29 is 14.6 Å². The van der Waals surface area contributed by atoms with Crippen LogP contribution in [-0.2, 0) is 0 Å². The van der Waals surface area contributed by atoms with E-state index in [1.54, 1.807) is 30.5 Å². The van der Waals surface area contributed by atoms with Crippen molar-refractivity contribution in [3.05, 3.63) is 66.9 Å². The molecule has 0 unspecified atom stereocenters. The summed E-state index contributed by atoms with van der Waals surface area (Å²) in [6.07, 6.45) is 1.59. The molecule has 4 nitrogen and oxygen atoms in total. The highest BCUT2D eigenvalue weighted by molar-refractivity contribution is 5.97. The van der Waals surface area contributed by atoms with Crippen LogP contribution in [0.1, 0.15) is 10.4 Å². The zero-order valence-electron chi connectivity index (χ0n) is 10.9. The lowest BCUT2D eigenvalue weighted by molar-refractivity contribution is 0.0921. The van der Waals surface area contributed by atoms with E-state index in [1.165, 1.54) is 12.1 Å². The van der Waals surface area contributed by atoms with Gasteiger partial charge in [-0.1, -0.05) is 6.58 Å². The average molecular weight is 269 g/mol. The van der Waals surface area contributed by atoms with Gasteiger partial charge in [0.25, 0.3) is 0 Å². The lowest BCUT2D eigenvalue weighted by Crippen LogP contribution is -2.11. The topological polar surface area (TPSA) is 58.6 Å². The smallest absolute Gasteiger partial charge is 0.200 e. The van der Waals surface area contributed by atoms with E-state index < -0.39 is 0 Å². The molecule has 102 valence electrons. The second kappa shape index (κ2) is 6.43. The van der Waals surface area contributed by atoms with Crippen LogP contribution in [0.4, 0.5) is 5.69 Å². The Morgan fingerprint density at radius 2 is 1.80 bits per heavy atom. The number of phenols is 1. The molecule has 2 aromatic carbocycles. The summed E-state index contributed by atoms with van der Waals surface area (Å²) in [4.78, 5) is 11.9. The first-order chi connectivity index (χ1) is 9.69. The maximum atomic E-state index is 11.9. The Morgan fingerprint density at radius 3 is 2.40 bits per heavy atom. The monoisotopic (exact) mass is 269 g/mol. The van der Waals surface area contributed by atoms with Gasteiger partial charge in [0.1, 0.15) is 11.5 Å². The summed E-state index contributed by atoms with van der Waals surface area (Å²) in [5.74, 6) is 0.609. The van der Waals surface area contributed by atoms with Gasteiger partial charge in [0.05, 0.1) is 0 Å². The Kier molecular flexibility index (Phi) is 4.39. The summed E-state index contributed by atoms with van der Waals surface area (Å²) in [5, 5.41) is 12.1. The van der Waals surface area contributed by atoms with Crippen LogP contribution in [-0.4, -0.2) is 17.5 Å². The molecule has 20 heavy (non-hydrogen) atoms. The second-order valence-corrected chi connectivity index (χ2v) is 4.13. The van der Waals surface area contributed by atoms with Gasteiger partial charge in [-0.15, -0.1) is 0 Å².